The predicted octanol–water partition coefficient (Wildman–Crippen LogP) is 0.498. The number of carbonyl (C=O) groups is 1. The third-order valence-corrected chi connectivity index (χ3v) is 0.956. The highest BCUT2D eigenvalue weighted by Gasteiger charge is 2.18. The van der Waals surface area contributed by atoms with E-state index in [0.717, 1.165) is 0 Å². The van der Waals surface area contributed by atoms with Crippen LogP contribution >= 0.6 is 0 Å². The first-order valence-electron chi connectivity index (χ1n) is 3.46. The minimum Gasteiger partial charge on any atom is -0.478 e. The Balaban J connectivity index is 3.96. The van der Waals surface area contributed by atoms with Crippen molar-refractivity contribution in [3.63, 3.8) is 0 Å². The Bertz CT molecular complexity index is 174. The van der Waals surface area contributed by atoms with Crippen LogP contribution in [0, 0.1) is 0 Å². The molecule has 0 fully saturated rings. The van der Waals surface area contributed by atoms with Crippen LogP contribution in [0.2, 0.25) is 0 Å². The predicted molar refractivity (Wildman–Crippen MR) is 43.2 cm³/mol. The van der Waals surface area contributed by atoms with Gasteiger partial charge in [0.15, 0.2) is 0 Å². The summed E-state index contributed by atoms with van der Waals surface area (Å²) in [6.07, 6.45) is -1.02. The molecule has 0 aromatic heterocycles. The molecule has 0 spiro atoms. The lowest BCUT2D eigenvalue weighted by Crippen LogP contribution is -2.27. The van der Waals surface area contributed by atoms with Gasteiger partial charge in [0.2, 0.25) is 6.10 Å². The van der Waals surface area contributed by atoms with Crippen molar-refractivity contribution in [2.24, 2.45) is 5.16 Å². The van der Waals surface area contributed by atoms with Crippen LogP contribution in [-0.2, 0) is 14.4 Å². The zero-order valence-electron chi connectivity index (χ0n) is 7.40. The second kappa shape index (κ2) is 5.54. The van der Waals surface area contributed by atoms with E-state index in [-0.39, 0.29) is 6.61 Å². The van der Waals surface area contributed by atoms with Crippen LogP contribution in [0.25, 0.3) is 0 Å². The molecule has 0 aliphatic heterocycles. The maximum absolute atomic E-state index is 10.4. The van der Waals surface area contributed by atoms with Gasteiger partial charge >= 0.3 is 5.97 Å². The van der Waals surface area contributed by atoms with Crippen LogP contribution in [0.5, 0.6) is 0 Å². The number of hydrogen-bond donors (Lipinski definition) is 1. The first kappa shape index (κ1) is 10.9. The Labute approximate surface area is 71.0 Å². The van der Waals surface area contributed by atoms with Crippen LogP contribution < -0.4 is 0 Å². The van der Waals surface area contributed by atoms with Gasteiger partial charge in [0.1, 0.15) is 0 Å². The number of oxime groups is 1. The van der Waals surface area contributed by atoms with Gasteiger partial charge in [-0.15, -0.1) is 0 Å². The SMILES string of the molecule is COCC(ON=C(C)C)C(=O)O. The Morgan fingerprint density at radius 1 is 1.58 bits per heavy atom. The summed E-state index contributed by atoms with van der Waals surface area (Å²) in [5.74, 6) is -1.08. The molecule has 0 bridgehead atoms. The average Bonchev–Trinajstić information content (AvgIpc) is 1.96. The van der Waals surface area contributed by atoms with Crippen molar-refractivity contribution in [1.82, 2.24) is 0 Å². The van der Waals surface area contributed by atoms with E-state index in [1.807, 2.05) is 0 Å². The van der Waals surface area contributed by atoms with Crippen LogP contribution in [0.15, 0.2) is 5.16 Å². The summed E-state index contributed by atoms with van der Waals surface area (Å²) in [4.78, 5) is 15.1. The van der Waals surface area contributed by atoms with Gasteiger partial charge in [0, 0.05) is 7.11 Å². The highest BCUT2D eigenvalue weighted by molar-refractivity contribution is 5.78. The molecule has 0 aromatic carbocycles. The fraction of sp³-hybridized carbons (Fsp3) is 0.714. The summed E-state index contributed by atoms with van der Waals surface area (Å²) in [6, 6.07) is 0. The number of ether oxygens (including phenoxy) is 1. The number of aliphatic carboxylic acids is 1. The van der Waals surface area contributed by atoms with Crippen LogP contribution in [0.4, 0.5) is 0 Å². The normalized spacial score (nSPS) is 11.9. The maximum Gasteiger partial charge on any atom is 0.350 e. The molecule has 12 heavy (non-hydrogen) atoms. The van der Waals surface area contributed by atoms with Crippen molar-refractivity contribution >= 4 is 11.7 Å². The maximum atomic E-state index is 10.4. The van der Waals surface area contributed by atoms with Crippen molar-refractivity contribution in [1.29, 1.82) is 0 Å². The Hall–Kier alpha value is -1.10. The Morgan fingerprint density at radius 2 is 2.17 bits per heavy atom. The standard InChI is InChI=1S/C7H13NO4/c1-5(2)8-12-6(4-11-3)7(9)10/h6H,4H2,1-3H3,(H,9,10). The van der Waals surface area contributed by atoms with Crippen molar-refractivity contribution in [2.45, 2.75) is 20.0 Å². The topological polar surface area (TPSA) is 68.1 Å². The van der Waals surface area contributed by atoms with E-state index in [4.69, 9.17) is 5.11 Å². The van der Waals surface area contributed by atoms with Crippen molar-refractivity contribution < 1.29 is 19.5 Å². The van der Waals surface area contributed by atoms with E-state index in [1.54, 1.807) is 13.8 Å². The fourth-order valence-corrected chi connectivity index (χ4v) is 0.467. The van der Waals surface area contributed by atoms with Crippen molar-refractivity contribution in [2.75, 3.05) is 13.7 Å². The Kier molecular flexibility index (Phi) is 5.03. The highest BCUT2D eigenvalue weighted by atomic mass is 16.7. The zero-order valence-corrected chi connectivity index (χ0v) is 7.40. The van der Waals surface area contributed by atoms with Gasteiger partial charge in [-0.05, 0) is 13.8 Å². The molecule has 0 rings (SSSR count). The molecule has 0 aliphatic rings. The summed E-state index contributed by atoms with van der Waals surface area (Å²) in [7, 11) is 1.40. The number of hydrogen-bond acceptors (Lipinski definition) is 4. The number of carboxylic acid groups (broad SMARTS) is 1. The molecule has 0 heterocycles. The quantitative estimate of drug-likeness (QED) is 0.488. The van der Waals surface area contributed by atoms with Crippen LogP contribution in [0.3, 0.4) is 0 Å². The van der Waals surface area contributed by atoms with E-state index in [9.17, 15) is 4.79 Å². The molecular weight excluding hydrogens is 162 g/mol. The molecule has 70 valence electrons. The summed E-state index contributed by atoms with van der Waals surface area (Å²) < 4.78 is 4.62. The minimum absolute atomic E-state index is 0.00782. The van der Waals surface area contributed by atoms with Gasteiger partial charge in [-0.3, -0.25) is 0 Å². The van der Waals surface area contributed by atoms with Gasteiger partial charge in [-0.25, -0.2) is 4.79 Å². The monoisotopic (exact) mass is 175 g/mol. The van der Waals surface area contributed by atoms with Crippen LogP contribution in [0.1, 0.15) is 13.8 Å². The second-order valence-electron chi connectivity index (χ2n) is 2.43. The minimum atomic E-state index is -1.08. The zero-order chi connectivity index (χ0) is 9.56. The van der Waals surface area contributed by atoms with Gasteiger partial charge in [0.25, 0.3) is 0 Å². The molecule has 0 aliphatic carbocycles. The highest BCUT2D eigenvalue weighted by Crippen LogP contribution is 1.94. The summed E-state index contributed by atoms with van der Waals surface area (Å²) in [5.41, 5.74) is 0.664. The third-order valence-electron chi connectivity index (χ3n) is 0.956. The average molecular weight is 175 g/mol. The third kappa shape index (κ3) is 4.68. The Morgan fingerprint density at radius 3 is 2.50 bits per heavy atom. The van der Waals surface area contributed by atoms with E-state index in [0.29, 0.717) is 5.71 Å². The second-order valence-corrected chi connectivity index (χ2v) is 2.43. The van der Waals surface area contributed by atoms with E-state index in [1.165, 1.54) is 7.11 Å². The summed E-state index contributed by atoms with van der Waals surface area (Å²) in [5, 5.41) is 12.1. The molecule has 1 N–H and O–H groups in total. The summed E-state index contributed by atoms with van der Waals surface area (Å²) >= 11 is 0. The molecule has 0 saturated carbocycles. The molecule has 1 unspecified atom stereocenters. The van der Waals surface area contributed by atoms with Gasteiger partial charge < -0.3 is 14.7 Å². The van der Waals surface area contributed by atoms with Crippen molar-refractivity contribution in [3.05, 3.63) is 0 Å². The number of carboxylic acids is 1. The lowest BCUT2D eigenvalue weighted by Gasteiger charge is -2.08. The first-order valence-corrected chi connectivity index (χ1v) is 3.46. The molecule has 0 amide bonds. The van der Waals surface area contributed by atoms with E-state index >= 15 is 0 Å². The lowest BCUT2D eigenvalue weighted by atomic mass is 10.4. The van der Waals surface area contributed by atoms with Gasteiger partial charge in [0.05, 0.1) is 12.3 Å². The largest absolute Gasteiger partial charge is 0.478 e. The summed E-state index contributed by atoms with van der Waals surface area (Å²) in [6.45, 7) is 3.42. The van der Waals surface area contributed by atoms with Gasteiger partial charge in [-0.1, -0.05) is 5.16 Å². The van der Waals surface area contributed by atoms with E-state index in [2.05, 4.69) is 14.7 Å². The smallest absolute Gasteiger partial charge is 0.350 e. The fourth-order valence-electron chi connectivity index (χ4n) is 0.467. The van der Waals surface area contributed by atoms with Crippen LogP contribution in [-0.4, -0.2) is 36.6 Å². The number of methoxy groups -OCH3 is 1. The van der Waals surface area contributed by atoms with Gasteiger partial charge in [-0.2, -0.15) is 0 Å². The molecular formula is C7H13NO4. The first-order chi connectivity index (χ1) is 5.57. The van der Waals surface area contributed by atoms with E-state index < -0.39 is 12.1 Å². The molecule has 1 atom stereocenters. The lowest BCUT2D eigenvalue weighted by molar-refractivity contribution is -0.153. The molecule has 5 nitrogen and oxygen atoms in total. The molecule has 0 radical (unpaired) electrons. The number of rotatable bonds is 5. The van der Waals surface area contributed by atoms with Crippen molar-refractivity contribution in [3.8, 4) is 0 Å². The molecule has 5 heteroatoms. The number of nitrogens with zero attached hydrogens (tertiary/aromatic N) is 1. The molecule has 0 aromatic rings. The molecule has 0 saturated heterocycles.